The average Bonchev–Trinajstić information content (AvgIpc) is 2.47. The third-order valence-electron chi connectivity index (χ3n) is 3.17. The lowest BCUT2D eigenvalue weighted by Crippen LogP contribution is -2.36. The van der Waals surface area contributed by atoms with Crippen molar-refractivity contribution in [3.8, 4) is 0 Å². The fourth-order valence-electron chi connectivity index (χ4n) is 2.10. The highest BCUT2D eigenvalue weighted by molar-refractivity contribution is 7.99. The molecule has 0 heterocycles. The van der Waals surface area contributed by atoms with Gasteiger partial charge in [0.2, 0.25) is 0 Å². The lowest BCUT2D eigenvalue weighted by atomic mass is 10.1. The van der Waals surface area contributed by atoms with Crippen LogP contribution in [-0.2, 0) is 9.59 Å². The summed E-state index contributed by atoms with van der Waals surface area (Å²) >= 11 is 1.25. The third-order valence-corrected chi connectivity index (χ3v) is 4.19. The topological polar surface area (TPSA) is 98.1 Å². The van der Waals surface area contributed by atoms with E-state index in [4.69, 9.17) is 10.2 Å². The summed E-state index contributed by atoms with van der Waals surface area (Å²) in [6.45, 7) is 3.53. The highest BCUT2D eigenvalue weighted by Crippen LogP contribution is 2.25. The fourth-order valence-corrected chi connectivity index (χ4v) is 2.94. The first kappa shape index (κ1) is 18.5. The summed E-state index contributed by atoms with van der Waals surface area (Å²) < 4.78 is 0. The molecule has 1 aromatic rings. The largest absolute Gasteiger partial charge is 0.479 e. The molecule has 0 unspecified atom stereocenters. The summed E-state index contributed by atoms with van der Waals surface area (Å²) in [6, 6.07) is 5.68. The van der Waals surface area contributed by atoms with E-state index in [9.17, 15) is 14.7 Å². The van der Waals surface area contributed by atoms with Crippen LogP contribution in [0, 0.1) is 13.8 Å². The zero-order valence-corrected chi connectivity index (χ0v) is 13.5. The molecule has 6 nitrogen and oxygen atoms in total. The highest BCUT2D eigenvalue weighted by atomic mass is 32.2. The van der Waals surface area contributed by atoms with E-state index in [-0.39, 0.29) is 5.75 Å². The first-order valence-electron chi connectivity index (χ1n) is 6.84. The van der Waals surface area contributed by atoms with Crippen molar-refractivity contribution in [2.24, 2.45) is 0 Å². The van der Waals surface area contributed by atoms with Gasteiger partial charge in [-0.2, -0.15) is 11.8 Å². The number of nitrogens with zero attached hydrogens (tertiary/aromatic N) is 1. The van der Waals surface area contributed by atoms with Crippen molar-refractivity contribution in [2.75, 3.05) is 29.6 Å². The van der Waals surface area contributed by atoms with E-state index in [1.54, 1.807) is 0 Å². The Morgan fingerprint density at radius 1 is 1.27 bits per heavy atom. The average molecular weight is 327 g/mol. The molecule has 0 aliphatic carbocycles. The van der Waals surface area contributed by atoms with Crippen molar-refractivity contribution >= 4 is 29.3 Å². The number of carboxylic acid groups (broad SMARTS) is 1. The minimum absolute atomic E-state index is 0.0588. The summed E-state index contributed by atoms with van der Waals surface area (Å²) in [5.41, 5.74) is 2.62. The summed E-state index contributed by atoms with van der Waals surface area (Å²) in [5.74, 6) is -1.14. The Bertz CT molecular complexity index is 514. The molecule has 0 spiro atoms. The zero-order valence-electron chi connectivity index (χ0n) is 12.7. The molecule has 0 aliphatic heterocycles. The van der Waals surface area contributed by atoms with Crippen molar-refractivity contribution < 1.29 is 24.9 Å². The van der Waals surface area contributed by atoms with E-state index in [1.807, 2.05) is 32.0 Å². The van der Waals surface area contributed by atoms with E-state index < -0.39 is 24.6 Å². The van der Waals surface area contributed by atoms with Gasteiger partial charge in [-0.05, 0) is 25.0 Å². The van der Waals surface area contributed by atoms with Crippen molar-refractivity contribution in [3.63, 3.8) is 0 Å². The van der Waals surface area contributed by atoms with Crippen LogP contribution in [0.1, 0.15) is 11.1 Å². The van der Waals surface area contributed by atoms with E-state index in [1.165, 1.54) is 16.7 Å². The zero-order chi connectivity index (χ0) is 16.7. The van der Waals surface area contributed by atoms with Gasteiger partial charge in [0.25, 0.3) is 5.91 Å². The molecule has 122 valence electrons. The van der Waals surface area contributed by atoms with Crippen molar-refractivity contribution in [2.45, 2.75) is 20.0 Å². The van der Waals surface area contributed by atoms with Crippen LogP contribution >= 0.6 is 11.8 Å². The SMILES string of the molecule is Cc1cccc(C)c1N(CCSC[C@H](O)C(=O)O)C(=O)CO. The second-order valence-corrected chi connectivity index (χ2v) is 6.02. The Hall–Kier alpha value is -1.57. The molecule has 0 saturated heterocycles. The van der Waals surface area contributed by atoms with Gasteiger partial charge in [-0.1, -0.05) is 18.2 Å². The van der Waals surface area contributed by atoms with E-state index >= 15 is 0 Å². The Morgan fingerprint density at radius 2 is 1.86 bits per heavy atom. The molecule has 7 heteroatoms. The smallest absolute Gasteiger partial charge is 0.333 e. The normalized spacial score (nSPS) is 12.0. The maximum Gasteiger partial charge on any atom is 0.333 e. The quantitative estimate of drug-likeness (QED) is 0.611. The number of thioether (sulfide) groups is 1. The van der Waals surface area contributed by atoms with Crippen LogP contribution in [-0.4, -0.2) is 58.0 Å². The van der Waals surface area contributed by atoms with E-state index in [0.29, 0.717) is 12.3 Å². The number of hydrogen-bond donors (Lipinski definition) is 3. The molecule has 1 atom stereocenters. The van der Waals surface area contributed by atoms with Gasteiger partial charge in [-0.15, -0.1) is 0 Å². The van der Waals surface area contributed by atoms with Crippen LogP contribution in [0.5, 0.6) is 0 Å². The lowest BCUT2D eigenvalue weighted by molar-refractivity contribution is -0.145. The molecule has 0 fully saturated rings. The second-order valence-electron chi connectivity index (χ2n) is 4.87. The predicted molar refractivity (Wildman–Crippen MR) is 86.3 cm³/mol. The highest BCUT2D eigenvalue weighted by Gasteiger charge is 2.19. The number of anilines is 1. The Morgan fingerprint density at radius 3 is 2.36 bits per heavy atom. The van der Waals surface area contributed by atoms with Crippen molar-refractivity contribution in [1.29, 1.82) is 0 Å². The summed E-state index contributed by atoms with van der Waals surface area (Å²) in [4.78, 5) is 24.0. The standard InChI is InChI=1S/C15H21NO5S/c1-10-4-3-5-11(2)14(10)16(13(19)8-17)6-7-22-9-12(18)15(20)21/h3-5,12,17-18H,6-9H2,1-2H3,(H,20,21)/t12-/m0/s1. The maximum atomic E-state index is 12.0. The molecule has 1 aromatic carbocycles. The Labute approximate surface area is 133 Å². The van der Waals surface area contributed by atoms with Crippen LogP contribution in [0.4, 0.5) is 5.69 Å². The van der Waals surface area contributed by atoms with Gasteiger partial charge in [-0.3, -0.25) is 4.79 Å². The molecule has 0 saturated carbocycles. The molecule has 0 aliphatic rings. The van der Waals surface area contributed by atoms with Crippen LogP contribution in [0.25, 0.3) is 0 Å². The van der Waals surface area contributed by atoms with Gasteiger partial charge >= 0.3 is 5.97 Å². The number of carbonyl (C=O) groups is 2. The van der Waals surface area contributed by atoms with Crippen LogP contribution < -0.4 is 4.90 Å². The van der Waals surface area contributed by atoms with Crippen molar-refractivity contribution in [1.82, 2.24) is 0 Å². The third kappa shape index (κ3) is 5.01. The molecular formula is C15H21NO5S. The van der Waals surface area contributed by atoms with Crippen molar-refractivity contribution in [3.05, 3.63) is 29.3 Å². The molecule has 0 bridgehead atoms. The number of benzene rings is 1. The minimum Gasteiger partial charge on any atom is -0.479 e. The molecule has 0 aromatic heterocycles. The number of aryl methyl sites for hydroxylation is 2. The molecule has 1 rings (SSSR count). The Kier molecular flexibility index (Phi) is 7.37. The van der Waals surface area contributed by atoms with Gasteiger partial charge in [0.1, 0.15) is 6.61 Å². The first-order valence-corrected chi connectivity index (χ1v) is 8.00. The number of para-hydroxylation sites is 1. The molecule has 3 N–H and O–H groups in total. The number of aliphatic hydroxyl groups excluding tert-OH is 2. The van der Waals surface area contributed by atoms with Crippen LogP contribution in [0.3, 0.4) is 0 Å². The van der Waals surface area contributed by atoms with Gasteiger partial charge in [0.05, 0.1) is 0 Å². The number of aliphatic hydroxyl groups is 2. The van der Waals surface area contributed by atoms with Gasteiger partial charge in [0.15, 0.2) is 6.10 Å². The lowest BCUT2D eigenvalue weighted by Gasteiger charge is -2.25. The number of aliphatic carboxylic acids is 1. The number of carboxylic acids is 1. The monoisotopic (exact) mass is 327 g/mol. The van der Waals surface area contributed by atoms with Gasteiger partial charge < -0.3 is 20.2 Å². The number of carbonyl (C=O) groups excluding carboxylic acids is 1. The summed E-state index contributed by atoms with van der Waals surface area (Å²) in [7, 11) is 0. The summed E-state index contributed by atoms with van der Waals surface area (Å²) in [6.07, 6.45) is -1.41. The molecular weight excluding hydrogens is 306 g/mol. The molecule has 22 heavy (non-hydrogen) atoms. The number of rotatable bonds is 8. The van der Waals surface area contributed by atoms with Crippen LogP contribution in [0.15, 0.2) is 18.2 Å². The first-order chi connectivity index (χ1) is 10.4. The van der Waals surface area contributed by atoms with Gasteiger partial charge in [-0.25, -0.2) is 4.79 Å². The second kappa shape index (κ2) is 8.77. The minimum atomic E-state index is -1.41. The van der Waals surface area contributed by atoms with E-state index in [2.05, 4.69) is 0 Å². The number of amides is 1. The predicted octanol–water partition coefficient (Wildman–Crippen LogP) is 0.807. The molecule has 1 amide bonds. The van der Waals surface area contributed by atoms with E-state index in [0.717, 1.165) is 16.8 Å². The Balaban J connectivity index is 2.75. The van der Waals surface area contributed by atoms with Gasteiger partial charge in [0, 0.05) is 23.7 Å². The molecule has 0 radical (unpaired) electrons. The maximum absolute atomic E-state index is 12.0. The van der Waals surface area contributed by atoms with Crippen LogP contribution in [0.2, 0.25) is 0 Å². The fraction of sp³-hybridized carbons (Fsp3) is 0.467. The summed E-state index contributed by atoms with van der Waals surface area (Å²) in [5, 5.41) is 27.0. The number of hydrogen-bond acceptors (Lipinski definition) is 5.